The largest absolute Gasteiger partial charge is 0.412 e. The molecule has 0 atom stereocenters. The van der Waals surface area contributed by atoms with Crippen molar-refractivity contribution in [2.75, 3.05) is 6.61 Å². The fourth-order valence-electron chi connectivity index (χ4n) is 1.79. The van der Waals surface area contributed by atoms with Crippen LogP contribution in [0.1, 0.15) is 46.5 Å². The molecule has 0 aromatic heterocycles. The molecule has 0 unspecified atom stereocenters. The van der Waals surface area contributed by atoms with Crippen LogP contribution in [0, 0.1) is 11.8 Å². The molecule has 0 amide bonds. The molecule has 0 N–H and O–H groups in total. The number of carbonyl (C=O) groups is 1. The second kappa shape index (κ2) is 7.77. The Morgan fingerprint density at radius 2 is 2.10 bits per heavy atom. The Kier molecular flexibility index (Phi) is 6.64. The van der Waals surface area contributed by atoms with E-state index in [1.807, 2.05) is 0 Å². The van der Waals surface area contributed by atoms with Crippen LogP contribution in [-0.4, -0.2) is 21.2 Å². The smallest absolute Gasteiger partial charge is 0.192 e. The van der Waals surface area contributed by atoms with Crippen LogP contribution in [0.15, 0.2) is 23.3 Å². The Hall–Kier alpha value is -1.11. The quantitative estimate of drug-likeness (QED) is 0.327. The molecular formula is C18H28O2Si. The normalized spacial score (nSPS) is 16.8. The van der Waals surface area contributed by atoms with Gasteiger partial charge in [-0.15, -0.1) is 0 Å². The summed E-state index contributed by atoms with van der Waals surface area (Å²) in [5, 5.41) is 0.165. The predicted octanol–water partition coefficient (Wildman–Crippen LogP) is 4.64. The van der Waals surface area contributed by atoms with Crippen molar-refractivity contribution in [1.82, 2.24) is 0 Å². The summed E-state index contributed by atoms with van der Waals surface area (Å²) >= 11 is 0. The molecule has 2 nitrogen and oxygen atoms in total. The van der Waals surface area contributed by atoms with E-state index in [-0.39, 0.29) is 5.04 Å². The molecule has 0 aromatic carbocycles. The van der Waals surface area contributed by atoms with Gasteiger partial charge in [-0.05, 0) is 55.5 Å². The second-order valence-electron chi connectivity index (χ2n) is 7.10. The van der Waals surface area contributed by atoms with Crippen molar-refractivity contribution in [3.8, 4) is 11.8 Å². The maximum atomic E-state index is 10.8. The van der Waals surface area contributed by atoms with Crippen LogP contribution in [0.4, 0.5) is 0 Å². The molecular weight excluding hydrogens is 276 g/mol. The lowest BCUT2D eigenvalue weighted by Crippen LogP contribution is -2.41. The molecule has 0 saturated heterocycles. The number of aldehydes is 1. The molecule has 0 spiro atoms. The minimum atomic E-state index is -1.80. The summed E-state index contributed by atoms with van der Waals surface area (Å²) in [6, 6.07) is 0. The van der Waals surface area contributed by atoms with E-state index in [4.69, 9.17) is 4.43 Å². The Morgan fingerprint density at radius 1 is 1.38 bits per heavy atom. The molecule has 3 heteroatoms. The van der Waals surface area contributed by atoms with Crippen molar-refractivity contribution < 1.29 is 9.22 Å². The fraction of sp³-hybridized carbons (Fsp3) is 0.611. The lowest BCUT2D eigenvalue weighted by molar-refractivity contribution is -0.104. The third-order valence-electron chi connectivity index (χ3n) is 4.34. The highest BCUT2D eigenvalue weighted by Gasteiger charge is 2.37. The van der Waals surface area contributed by atoms with E-state index in [9.17, 15) is 4.79 Å². The molecule has 0 aliphatic heterocycles. The Balaban J connectivity index is 2.72. The van der Waals surface area contributed by atoms with Gasteiger partial charge in [-0.25, -0.2) is 0 Å². The van der Waals surface area contributed by atoms with Crippen LogP contribution in [-0.2, 0) is 9.22 Å². The number of hydrogen-bond acceptors (Lipinski definition) is 2. The van der Waals surface area contributed by atoms with Gasteiger partial charge in [-0.2, -0.15) is 0 Å². The van der Waals surface area contributed by atoms with Gasteiger partial charge < -0.3 is 4.43 Å². The highest BCUT2D eigenvalue weighted by molar-refractivity contribution is 6.74. The Labute approximate surface area is 130 Å². The summed E-state index contributed by atoms with van der Waals surface area (Å²) < 4.78 is 6.14. The van der Waals surface area contributed by atoms with Gasteiger partial charge in [0.25, 0.3) is 0 Å². The Morgan fingerprint density at radius 3 is 2.62 bits per heavy atom. The van der Waals surface area contributed by atoms with Crippen LogP contribution in [0.2, 0.25) is 18.1 Å². The van der Waals surface area contributed by atoms with Gasteiger partial charge in [0.2, 0.25) is 0 Å². The van der Waals surface area contributed by atoms with E-state index in [0.717, 1.165) is 24.7 Å². The molecule has 0 fully saturated rings. The van der Waals surface area contributed by atoms with E-state index >= 15 is 0 Å². The van der Waals surface area contributed by atoms with Gasteiger partial charge in [-0.3, -0.25) is 4.79 Å². The van der Waals surface area contributed by atoms with E-state index in [1.54, 1.807) is 0 Å². The van der Waals surface area contributed by atoms with Gasteiger partial charge in [-0.1, -0.05) is 38.7 Å². The minimum Gasteiger partial charge on any atom is -0.412 e. The summed E-state index contributed by atoms with van der Waals surface area (Å²) in [6.07, 6.45) is 9.20. The van der Waals surface area contributed by atoms with E-state index < -0.39 is 8.32 Å². The molecule has 0 saturated carbocycles. The minimum absolute atomic E-state index is 0.165. The monoisotopic (exact) mass is 304 g/mol. The number of hydrogen-bond donors (Lipinski definition) is 0. The van der Waals surface area contributed by atoms with Crippen LogP contribution >= 0.6 is 0 Å². The van der Waals surface area contributed by atoms with E-state index in [1.165, 1.54) is 24.5 Å². The number of carbonyl (C=O) groups excluding carboxylic acids is 1. The summed E-state index contributed by atoms with van der Waals surface area (Å²) in [5.74, 6) is 6.32. The predicted molar refractivity (Wildman–Crippen MR) is 91.6 cm³/mol. The van der Waals surface area contributed by atoms with Gasteiger partial charge in [0.1, 0.15) is 6.29 Å². The maximum Gasteiger partial charge on any atom is 0.192 e. The highest BCUT2D eigenvalue weighted by Crippen LogP contribution is 2.36. The van der Waals surface area contributed by atoms with Crippen LogP contribution in [0.3, 0.4) is 0 Å². The zero-order valence-corrected chi connectivity index (χ0v) is 15.1. The third-order valence-corrected chi connectivity index (χ3v) is 8.82. The molecule has 116 valence electrons. The topological polar surface area (TPSA) is 26.3 Å². The average molecular weight is 305 g/mol. The van der Waals surface area contributed by atoms with Crippen molar-refractivity contribution >= 4 is 14.6 Å². The molecule has 0 aromatic rings. The van der Waals surface area contributed by atoms with Crippen LogP contribution in [0.5, 0.6) is 0 Å². The van der Waals surface area contributed by atoms with E-state index in [0.29, 0.717) is 6.61 Å². The van der Waals surface area contributed by atoms with Crippen LogP contribution in [0.25, 0.3) is 0 Å². The van der Waals surface area contributed by atoms with Crippen molar-refractivity contribution in [3.63, 3.8) is 0 Å². The van der Waals surface area contributed by atoms with Crippen molar-refractivity contribution in [2.45, 2.75) is 64.6 Å². The van der Waals surface area contributed by atoms with Gasteiger partial charge in [0, 0.05) is 5.57 Å². The molecule has 1 aliphatic carbocycles. The lowest BCUT2D eigenvalue weighted by atomic mass is 10.00. The van der Waals surface area contributed by atoms with Gasteiger partial charge >= 0.3 is 0 Å². The molecule has 21 heavy (non-hydrogen) atoms. The number of allylic oxidation sites excluding steroid dienone is 3. The van der Waals surface area contributed by atoms with Crippen molar-refractivity contribution in [2.24, 2.45) is 0 Å². The fourth-order valence-corrected chi connectivity index (χ4v) is 2.74. The molecule has 0 bridgehead atoms. The first-order valence-corrected chi connectivity index (χ1v) is 10.7. The lowest BCUT2D eigenvalue weighted by Gasteiger charge is -2.36. The molecule has 0 radical (unpaired) electrons. The molecule has 0 heterocycles. The van der Waals surface area contributed by atoms with Gasteiger partial charge in [0.15, 0.2) is 8.32 Å². The summed E-state index contributed by atoms with van der Waals surface area (Å²) in [7, 11) is -1.80. The zero-order valence-electron chi connectivity index (χ0n) is 14.1. The van der Waals surface area contributed by atoms with Crippen LogP contribution < -0.4 is 0 Å². The van der Waals surface area contributed by atoms with E-state index in [2.05, 4.69) is 51.8 Å². The first-order chi connectivity index (χ1) is 9.76. The molecule has 1 rings (SSSR count). The summed E-state index contributed by atoms with van der Waals surface area (Å²) in [6.45, 7) is 11.5. The first-order valence-electron chi connectivity index (χ1n) is 7.75. The molecule has 1 aliphatic rings. The SMILES string of the molecule is CC(C)(C)[Si](C)(C)OC/C(C#CC1=CCCCC1)=C/C=O. The van der Waals surface area contributed by atoms with Crippen molar-refractivity contribution in [1.29, 1.82) is 0 Å². The zero-order chi connectivity index (χ0) is 15.9. The maximum absolute atomic E-state index is 10.8. The summed E-state index contributed by atoms with van der Waals surface area (Å²) in [4.78, 5) is 10.8. The average Bonchev–Trinajstić information content (AvgIpc) is 2.42. The number of rotatable bonds is 4. The highest BCUT2D eigenvalue weighted by atomic mass is 28.4. The standard InChI is InChI=1S/C18H28O2Si/c1-18(2,3)21(4,5)20-15-17(13-14-19)12-11-16-9-7-6-8-10-16/h9,13-14H,6-8,10,15H2,1-5H3/b17-13+. The Bertz CT molecular complexity index is 482. The summed E-state index contributed by atoms with van der Waals surface area (Å²) in [5.41, 5.74) is 1.98. The second-order valence-corrected chi connectivity index (χ2v) is 11.9. The first kappa shape index (κ1) is 17.9. The third kappa shape index (κ3) is 6.03. The van der Waals surface area contributed by atoms with Gasteiger partial charge in [0.05, 0.1) is 6.61 Å². The van der Waals surface area contributed by atoms with Crippen molar-refractivity contribution in [3.05, 3.63) is 23.3 Å².